The van der Waals surface area contributed by atoms with E-state index in [1.54, 1.807) is 12.1 Å². The lowest BCUT2D eigenvalue weighted by Gasteiger charge is -2.30. The highest BCUT2D eigenvalue weighted by atomic mass is 19.1. The zero-order chi connectivity index (χ0) is 25.9. The first-order valence-corrected chi connectivity index (χ1v) is 12.6. The van der Waals surface area contributed by atoms with Gasteiger partial charge in [0.2, 0.25) is 5.91 Å². The lowest BCUT2D eigenvalue weighted by atomic mass is 9.93. The van der Waals surface area contributed by atoms with E-state index in [0.717, 1.165) is 43.6 Å². The first-order chi connectivity index (χ1) is 17.4. The summed E-state index contributed by atoms with van der Waals surface area (Å²) in [5.74, 6) is -0.287. The molecule has 2 aromatic carbocycles. The molecule has 0 unspecified atom stereocenters. The fourth-order valence-corrected chi connectivity index (χ4v) is 4.53. The van der Waals surface area contributed by atoms with E-state index >= 15 is 0 Å². The Balaban J connectivity index is 1.62. The number of Topliss-reactive ketones (excluding diaryl/α,β-unsaturated/α-hetero) is 1. The molecule has 0 radical (unpaired) electrons. The maximum absolute atomic E-state index is 13.7. The summed E-state index contributed by atoms with van der Waals surface area (Å²) >= 11 is 0. The van der Waals surface area contributed by atoms with Gasteiger partial charge < -0.3 is 15.4 Å². The number of piperidine rings is 1. The molecule has 1 amide bonds. The topological polar surface area (TPSA) is 97.0 Å². The summed E-state index contributed by atoms with van der Waals surface area (Å²) in [6.45, 7) is 5.19. The minimum Gasteiger partial charge on any atom is -0.494 e. The van der Waals surface area contributed by atoms with Gasteiger partial charge in [-0.3, -0.25) is 14.9 Å². The number of guanidine groups is 1. The number of carbonyl (C=O) groups excluding carboxylic acids is 2. The molecule has 8 heteroatoms. The summed E-state index contributed by atoms with van der Waals surface area (Å²) in [6, 6.07) is 13.4. The molecule has 1 fully saturated rings. The Labute approximate surface area is 212 Å². The fourth-order valence-electron chi connectivity index (χ4n) is 4.53. The molecule has 2 aromatic rings. The minimum atomic E-state index is -0.733. The number of hydrogen-bond acceptors (Lipinski definition) is 5. The highest BCUT2D eigenvalue weighted by molar-refractivity contribution is 5.97. The molecule has 0 bridgehead atoms. The normalized spacial score (nSPS) is 15.9. The third-order valence-corrected chi connectivity index (χ3v) is 6.71. The number of nitrogens with zero attached hydrogens (tertiary/aromatic N) is 2. The molecule has 1 aliphatic heterocycles. The van der Waals surface area contributed by atoms with Crippen LogP contribution in [-0.4, -0.2) is 55.3 Å². The molecule has 36 heavy (non-hydrogen) atoms. The quantitative estimate of drug-likeness (QED) is 0.367. The third-order valence-electron chi connectivity index (χ3n) is 6.71. The van der Waals surface area contributed by atoms with Crippen LogP contribution in [0.15, 0.2) is 53.5 Å². The molecule has 0 saturated carbocycles. The molecule has 3 N–H and O–H groups in total. The maximum atomic E-state index is 13.7. The molecule has 3 rings (SSSR count). The van der Waals surface area contributed by atoms with Crippen LogP contribution in [-0.2, 0) is 22.4 Å². The number of rotatable bonds is 11. The van der Waals surface area contributed by atoms with Crippen LogP contribution in [0.25, 0.3) is 0 Å². The molecule has 1 saturated heterocycles. The Hall–Kier alpha value is -3.26. The van der Waals surface area contributed by atoms with E-state index < -0.39 is 11.9 Å². The second-order valence-electron chi connectivity index (χ2n) is 9.29. The monoisotopic (exact) mass is 496 g/mol. The van der Waals surface area contributed by atoms with Gasteiger partial charge >= 0.3 is 0 Å². The number of likely N-dealkylation sites (tertiary alicyclic amines) is 1. The Morgan fingerprint density at radius 3 is 2.56 bits per heavy atom. The number of aliphatic imine (C=N–C) groups is 1. The zero-order valence-electron chi connectivity index (χ0n) is 21.2. The number of benzene rings is 2. The predicted molar refractivity (Wildman–Crippen MR) is 139 cm³/mol. The van der Waals surface area contributed by atoms with Crippen molar-refractivity contribution in [2.45, 2.75) is 51.5 Å². The Morgan fingerprint density at radius 2 is 1.89 bits per heavy atom. The molecular weight excluding hydrogens is 459 g/mol. The van der Waals surface area contributed by atoms with Crippen molar-refractivity contribution in [3.63, 3.8) is 0 Å². The first kappa shape index (κ1) is 27.3. The van der Waals surface area contributed by atoms with Gasteiger partial charge in [0.05, 0.1) is 7.11 Å². The van der Waals surface area contributed by atoms with Gasteiger partial charge in [0.1, 0.15) is 6.04 Å². The van der Waals surface area contributed by atoms with Crippen molar-refractivity contribution >= 4 is 17.6 Å². The smallest absolute Gasteiger partial charge is 0.226 e. The van der Waals surface area contributed by atoms with E-state index in [1.807, 2.05) is 30.3 Å². The molecule has 0 spiro atoms. The van der Waals surface area contributed by atoms with Crippen molar-refractivity contribution in [3.05, 3.63) is 65.5 Å². The van der Waals surface area contributed by atoms with E-state index in [2.05, 4.69) is 22.1 Å². The standard InChI is InChI=1S/C28H37FN4O3/c1-3-33-15-13-22(14-16-33)19-27(35)32-28(30)31-24(17-20-7-5-4-6-8-20)25(34)12-10-21-9-11-23(29)26(18-21)36-2/h4-9,11,18,22,24H,3,10,12-17,19H2,1-2H3,(H3,30,31,32,35)/t24-/m1/s1. The summed E-state index contributed by atoms with van der Waals surface area (Å²) in [5.41, 5.74) is 7.82. The van der Waals surface area contributed by atoms with Crippen LogP contribution in [0.3, 0.4) is 0 Å². The number of halogens is 1. The van der Waals surface area contributed by atoms with Crippen LogP contribution in [0.5, 0.6) is 5.75 Å². The number of hydrogen-bond donors (Lipinski definition) is 2. The van der Waals surface area contributed by atoms with Gasteiger partial charge in [0.25, 0.3) is 0 Å². The van der Waals surface area contributed by atoms with Crippen molar-refractivity contribution < 1.29 is 18.7 Å². The largest absolute Gasteiger partial charge is 0.494 e. The van der Waals surface area contributed by atoms with E-state index in [-0.39, 0.29) is 29.8 Å². The van der Waals surface area contributed by atoms with Crippen LogP contribution in [0.1, 0.15) is 43.7 Å². The molecule has 0 aromatic heterocycles. The molecule has 7 nitrogen and oxygen atoms in total. The number of ketones is 1. The zero-order valence-corrected chi connectivity index (χ0v) is 21.2. The number of aryl methyl sites for hydroxylation is 1. The van der Waals surface area contributed by atoms with E-state index in [0.29, 0.717) is 25.2 Å². The summed E-state index contributed by atoms with van der Waals surface area (Å²) in [4.78, 5) is 32.5. The Morgan fingerprint density at radius 1 is 1.17 bits per heavy atom. The number of amides is 1. The van der Waals surface area contributed by atoms with Crippen molar-refractivity contribution in [3.8, 4) is 5.75 Å². The van der Waals surface area contributed by atoms with Gasteiger partial charge in [-0.25, -0.2) is 9.38 Å². The second-order valence-corrected chi connectivity index (χ2v) is 9.29. The molecule has 1 heterocycles. The molecule has 0 aliphatic carbocycles. The molecular formula is C28H37FN4O3. The van der Waals surface area contributed by atoms with E-state index in [4.69, 9.17) is 10.5 Å². The highest BCUT2D eigenvalue weighted by Gasteiger charge is 2.22. The maximum Gasteiger partial charge on any atom is 0.226 e. The minimum absolute atomic E-state index is 0.0382. The molecule has 1 atom stereocenters. The summed E-state index contributed by atoms with van der Waals surface area (Å²) in [7, 11) is 1.41. The van der Waals surface area contributed by atoms with Crippen molar-refractivity contribution in [1.82, 2.24) is 10.2 Å². The van der Waals surface area contributed by atoms with Crippen LogP contribution < -0.4 is 15.8 Å². The SMILES string of the molecule is CCN1CCC(CC(=O)NC(N)=N[C@H](Cc2ccccc2)C(=O)CCc2ccc(F)c(OC)c2)CC1. The van der Waals surface area contributed by atoms with Crippen LogP contribution in [0.4, 0.5) is 4.39 Å². The Bertz CT molecular complexity index is 1040. The van der Waals surface area contributed by atoms with Gasteiger partial charge in [-0.1, -0.05) is 43.3 Å². The van der Waals surface area contributed by atoms with Crippen LogP contribution in [0.2, 0.25) is 0 Å². The lowest BCUT2D eigenvalue weighted by Crippen LogP contribution is -2.41. The van der Waals surface area contributed by atoms with Gasteiger partial charge in [0.15, 0.2) is 23.3 Å². The Kier molecular flexibility index (Phi) is 10.4. The third kappa shape index (κ3) is 8.45. The number of nitrogens with two attached hydrogens (primary N) is 1. The van der Waals surface area contributed by atoms with Gasteiger partial charge in [-0.2, -0.15) is 0 Å². The van der Waals surface area contributed by atoms with Gasteiger partial charge in [-0.05, 0) is 68.1 Å². The molecule has 1 aliphatic rings. The van der Waals surface area contributed by atoms with E-state index in [1.165, 1.54) is 13.2 Å². The van der Waals surface area contributed by atoms with Crippen molar-refractivity contribution in [2.75, 3.05) is 26.7 Å². The molecule has 194 valence electrons. The summed E-state index contributed by atoms with van der Waals surface area (Å²) in [5, 5.41) is 2.68. The average molecular weight is 497 g/mol. The number of nitrogens with one attached hydrogen (secondary N) is 1. The number of carbonyl (C=O) groups is 2. The first-order valence-electron chi connectivity index (χ1n) is 12.6. The number of ether oxygens (including phenoxy) is 1. The van der Waals surface area contributed by atoms with Crippen molar-refractivity contribution in [2.24, 2.45) is 16.6 Å². The second kappa shape index (κ2) is 13.7. The highest BCUT2D eigenvalue weighted by Crippen LogP contribution is 2.21. The average Bonchev–Trinajstić information content (AvgIpc) is 2.88. The number of methoxy groups -OCH3 is 1. The van der Waals surface area contributed by atoms with E-state index in [9.17, 15) is 14.0 Å². The summed E-state index contributed by atoms with van der Waals surface area (Å²) < 4.78 is 18.7. The van der Waals surface area contributed by atoms with Crippen LogP contribution in [0, 0.1) is 11.7 Å². The van der Waals surface area contributed by atoms with Gasteiger partial charge in [-0.15, -0.1) is 0 Å². The van der Waals surface area contributed by atoms with Crippen molar-refractivity contribution in [1.29, 1.82) is 0 Å². The lowest BCUT2D eigenvalue weighted by molar-refractivity contribution is -0.121. The van der Waals surface area contributed by atoms with Crippen LogP contribution >= 0.6 is 0 Å². The predicted octanol–water partition coefficient (Wildman–Crippen LogP) is 3.50. The fraction of sp³-hybridized carbons (Fsp3) is 0.464. The van der Waals surface area contributed by atoms with Gasteiger partial charge in [0, 0.05) is 19.3 Å². The summed E-state index contributed by atoms with van der Waals surface area (Å²) in [6.07, 6.45) is 3.37.